The van der Waals surface area contributed by atoms with Crippen LogP contribution in [0.25, 0.3) is 11.1 Å². The number of carbonyl (C=O) groups is 4. The van der Waals surface area contributed by atoms with E-state index in [0.717, 1.165) is 0 Å². The number of aromatic nitrogens is 7. The molecule has 0 bridgehead atoms. The van der Waals surface area contributed by atoms with Gasteiger partial charge in [0.15, 0.2) is 11.4 Å². The maximum Gasteiger partial charge on any atom is 2.00 e. The van der Waals surface area contributed by atoms with E-state index in [1.54, 1.807) is 37.2 Å². The van der Waals surface area contributed by atoms with Gasteiger partial charge in [0.2, 0.25) is 0 Å². The minimum atomic E-state index is -1.74. The van der Waals surface area contributed by atoms with Crippen LogP contribution in [-0.4, -0.2) is 74.5 Å². The largest absolute Gasteiger partial charge is 2.00 e. The van der Waals surface area contributed by atoms with Crippen LogP contribution in [-0.2, 0) is 29.6 Å². The van der Waals surface area contributed by atoms with Crippen LogP contribution in [0.5, 0.6) is 0 Å². The molecule has 0 aliphatic carbocycles. The number of aromatic amines is 2. The third kappa shape index (κ3) is 11.4. The zero-order valence-electron chi connectivity index (χ0n) is 23.0. The number of nitrogens with zero attached hydrogens (tertiary/aromatic N) is 5. The van der Waals surface area contributed by atoms with E-state index in [4.69, 9.17) is 10.2 Å². The van der Waals surface area contributed by atoms with E-state index in [-0.39, 0.29) is 53.2 Å². The summed E-state index contributed by atoms with van der Waals surface area (Å²) in [6.45, 7) is 0. The van der Waals surface area contributed by atoms with Gasteiger partial charge in [0.25, 0.3) is 0 Å². The van der Waals surface area contributed by atoms with Gasteiger partial charge in [-0.3, -0.25) is 15.0 Å². The van der Waals surface area contributed by atoms with Gasteiger partial charge in [-0.15, -0.1) is 0 Å². The number of carboxylic acids is 4. The van der Waals surface area contributed by atoms with E-state index in [9.17, 15) is 29.4 Å². The van der Waals surface area contributed by atoms with Crippen molar-refractivity contribution in [2.24, 2.45) is 0 Å². The van der Waals surface area contributed by atoms with Crippen molar-refractivity contribution >= 4 is 23.9 Å². The van der Waals surface area contributed by atoms with Crippen LogP contribution in [0.2, 0.25) is 0 Å². The third-order valence-corrected chi connectivity index (χ3v) is 5.41. The van der Waals surface area contributed by atoms with Gasteiger partial charge in [-0.1, -0.05) is 6.07 Å². The SMILES string of the molecule is O.O=C([O-])c1nc(CCCc2nc(C(=O)[O-])c(C(=O)O)[nH]2)[nH]c1C(=O)O.[Co+2].c1cc(-c2ccncc2)ccn1.c1ccncc1. The number of pyridine rings is 3. The smallest absolute Gasteiger partial charge is 0.543 e. The normalized spacial score (nSPS) is 9.51. The Labute approximate surface area is 264 Å². The molecular weight excluding hydrogens is 637 g/mol. The average Bonchev–Trinajstić information content (AvgIpc) is 3.66. The summed E-state index contributed by atoms with van der Waals surface area (Å²) in [5, 5.41) is 39.4. The van der Waals surface area contributed by atoms with Crippen LogP contribution in [0.4, 0.5) is 0 Å². The number of carboxylic acid groups (broad SMARTS) is 4. The molecule has 45 heavy (non-hydrogen) atoms. The van der Waals surface area contributed by atoms with E-state index in [0.29, 0.717) is 0 Å². The maximum atomic E-state index is 10.9. The van der Waals surface area contributed by atoms with Gasteiger partial charge in [-0.2, -0.15) is 0 Å². The van der Waals surface area contributed by atoms with E-state index in [1.165, 1.54) is 11.1 Å². The van der Waals surface area contributed by atoms with Crippen LogP contribution >= 0.6 is 0 Å². The molecular formula is C28H25CoN7O9. The molecule has 0 spiro atoms. The minimum absolute atomic E-state index is 0. The second-order valence-electron chi connectivity index (χ2n) is 8.35. The van der Waals surface area contributed by atoms with Gasteiger partial charge >= 0.3 is 28.7 Å². The summed E-state index contributed by atoms with van der Waals surface area (Å²) in [5.41, 5.74) is -0.332. The molecule has 235 valence electrons. The average molecular weight is 662 g/mol. The first-order valence-electron chi connectivity index (χ1n) is 12.4. The van der Waals surface area contributed by atoms with Crippen LogP contribution < -0.4 is 10.2 Å². The van der Waals surface area contributed by atoms with Gasteiger partial charge in [0, 0.05) is 50.0 Å². The second-order valence-corrected chi connectivity index (χ2v) is 8.35. The van der Waals surface area contributed by atoms with Crippen molar-refractivity contribution in [3.05, 3.63) is 114 Å². The molecule has 0 amide bonds. The number of hydrogen-bond donors (Lipinski definition) is 4. The Morgan fingerprint density at radius 3 is 1.22 bits per heavy atom. The van der Waals surface area contributed by atoms with Crippen molar-refractivity contribution < 1.29 is 61.9 Å². The molecule has 0 aliphatic heterocycles. The first-order chi connectivity index (χ1) is 20.7. The molecule has 0 saturated heterocycles. The summed E-state index contributed by atoms with van der Waals surface area (Å²) in [6.07, 6.45) is 11.1. The molecule has 5 heterocycles. The summed E-state index contributed by atoms with van der Waals surface area (Å²) in [6, 6.07) is 13.6. The van der Waals surface area contributed by atoms with Crippen molar-refractivity contribution in [2.75, 3.05) is 0 Å². The Bertz CT molecular complexity index is 1470. The number of rotatable bonds is 9. The van der Waals surface area contributed by atoms with Gasteiger partial charge < -0.3 is 45.5 Å². The molecule has 0 aromatic carbocycles. The Hall–Kier alpha value is -5.78. The van der Waals surface area contributed by atoms with Crippen LogP contribution in [0.1, 0.15) is 60.0 Å². The second kappa shape index (κ2) is 18.7. The summed E-state index contributed by atoms with van der Waals surface area (Å²) in [7, 11) is 0. The summed E-state index contributed by atoms with van der Waals surface area (Å²) < 4.78 is 0. The van der Waals surface area contributed by atoms with Gasteiger partial charge in [-0.05, 0) is 53.9 Å². The summed E-state index contributed by atoms with van der Waals surface area (Å²) >= 11 is 0. The summed E-state index contributed by atoms with van der Waals surface area (Å²) in [5.74, 6) is -6.35. The van der Waals surface area contributed by atoms with E-state index < -0.39 is 46.7 Å². The molecule has 0 saturated carbocycles. The molecule has 5 aromatic rings. The number of imidazole rings is 2. The number of aromatic carboxylic acids is 4. The zero-order chi connectivity index (χ0) is 31.2. The molecule has 0 fully saturated rings. The Morgan fingerprint density at radius 2 is 0.978 bits per heavy atom. The number of hydrogen-bond acceptors (Lipinski definition) is 11. The van der Waals surface area contributed by atoms with Crippen LogP contribution in [0, 0.1) is 0 Å². The van der Waals surface area contributed by atoms with Crippen molar-refractivity contribution in [1.29, 1.82) is 0 Å². The number of H-pyrrole nitrogens is 2. The number of aryl methyl sites for hydroxylation is 2. The first kappa shape index (κ1) is 37.2. The molecule has 16 nitrogen and oxygen atoms in total. The van der Waals surface area contributed by atoms with E-state index >= 15 is 0 Å². The monoisotopic (exact) mass is 662 g/mol. The molecule has 1 radical (unpaired) electrons. The molecule has 0 unspecified atom stereocenters. The fourth-order valence-corrected chi connectivity index (χ4v) is 3.51. The first-order valence-corrected chi connectivity index (χ1v) is 12.4. The van der Waals surface area contributed by atoms with Crippen molar-refractivity contribution in [1.82, 2.24) is 34.9 Å². The number of nitrogens with one attached hydrogen (secondary N) is 2. The van der Waals surface area contributed by atoms with Crippen LogP contribution in [0.3, 0.4) is 0 Å². The summed E-state index contributed by atoms with van der Waals surface area (Å²) in [4.78, 5) is 67.1. The Morgan fingerprint density at radius 1 is 0.622 bits per heavy atom. The predicted octanol–water partition coefficient (Wildman–Crippen LogP) is -0.170. The van der Waals surface area contributed by atoms with E-state index in [2.05, 4.69) is 34.9 Å². The zero-order valence-corrected chi connectivity index (χ0v) is 24.1. The third-order valence-electron chi connectivity index (χ3n) is 5.41. The molecule has 5 aromatic heterocycles. The number of carbonyl (C=O) groups excluding carboxylic acids is 2. The van der Waals surface area contributed by atoms with Crippen molar-refractivity contribution in [2.45, 2.75) is 19.3 Å². The predicted molar refractivity (Wildman–Crippen MR) is 147 cm³/mol. The standard InChI is InChI=1S/C13H12N4O8.C10H8N2.C5H5N.Co.H2O/c18-10(19)6-7(11(20)21)15-4(14-6)2-1-3-5-16-8(12(22)23)9(17-5)13(24)25;1-5-11-6-2-9(1)10-3-7-12-8-4-10;1-2-4-6-5-3-1;;/h1-3H2,(H,14,15)(H,16,17)(H,18,19)(H,20,21)(H,22,23)(H,24,25);1-8H;1-5H;;1H2/q;;;+2;/p-2. The van der Waals surface area contributed by atoms with Gasteiger partial charge in [-0.25, -0.2) is 19.6 Å². The van der Waals surface area contributed by atoms with Crippen molar-refractivity contribution in [3.63, 3.8) is 0 Å². The molecule has 0 aliphatic rings. The molecule has 6 N–H and O–H groups in total. The molecule has 5 rings (SSSR count). The van der Waals surface area contributed by atoms with Gasteiger partial charge in [0.05, 0.1) is 11.9 Å². The van der Waals surface area contributed by atoms with Gasteiger partial charge in [0.1, 0.15) is 23.0 Å². The fraction of sp³-hybridized carbons (Fsp3) is 0.107. The Balaban J connectivity index is 0.000000416. The minimum Gasteiger partial charge on any atom is -0.543 e. The van der Waals surface area contributed by atoms with E-state index in [1.807, 2.05) is 42.5 Å². The molecule has 17 heteroatoms. The topological polar surface area (TPSA) is 282 Å². The van der Waals surface area contributed by atoms with Crippen LogP contribution in [0.15, 0.2) is 79.6 Å². The van der Waals surface area contributed by atoms with Crippen molar-refractivity contribution in [3.8, 4) is 11.1 Å². The molecule has 0 atom stereocenters. The Kier molecular flexibility index (Phi) is 15.5. The fourth-order valence-electron chi connectivity index (χ4n) is 3.51. The quantitative estimate of drug-likeness (QED) is 0.160. The maximum absolute atomic E-state index is 10.9.